The molecule has 0 saturated carbocycles. The molecular weight excluding hydrogens is 422 g/mol. The van der Waals surface area contributed by atoms with Crippen LogP contribution in [0, 0.1) is 17.6 Å². The number of carbonyl (C=O) groups excluding carboxylic acids is 1. The van der Waals surface area contributed by atoms with Gasteiger partial charge in [-0.05, 0) is 37.2 Å². The number of hydrazone groups is 1. The first-order valence-electron chi connectivity index (χ1n) is 9.16. The molecular formula is C20H17F4N3O2S. The highest BCUT2D eigenvalue weighted by Crippen LogP contribution is 2.57. The predicted octanol–water partition coefficient (Wildman–Crippen LogP) is 3.68. The van der Waals surface area contributed by atoms with E-state index in [9.17, 15) is 22.4 Å². The third-order valence-electron chi connectivity index (χ3n) is 5.09. The van der Waals surface area contributed by atoms with E-state index in [4.69, 9.17) is 10.5 Å². The van der Waals surface area contributed by atoms with Gasteiger partial charge in [-0.15, -0.1) is 0 Å². The zero-order chi connectivity index (χ0) is 21.5. The van der Waals surface area contributed by atoms with Crippen LogP contribution in [0.2, 0.25) is 0 Å². The summed E-state index contributed by atoms with van der Waals surface area (Å²) < 4.78 is 61.0. The SMILES string of the molecule is NCCC1COc2ccccc2C12SC(c1cc(F)ccc1F)=NN2C(=O)C(F)F. The molecule has 2 aliphatic heterocycles. The number of ether oxygens (including phenoxy) is 1. The van der Waals surface area contributed by atoms with Crippen molar-refractivity contribution >= 4 is 22.7 Å². The third-order valence-corrected chi connectivity index (χ3v) is 6.63. The molecule has 0 aliphatic carbocycles. The van der Waals surface area contributed by atoms with Gasteiger partial charge >= 0.3 is 12.3 Å². The van der Waals surface area contributed by atoms with Crippen molar-refractivity contribution in [3.8, 4) is 5.75 Å². The number of halogens is 4. The van der Waals surface area contributed by atoms with E-state index in [0.717, 1.165) is 30.0 Å². The average molecular weight is 439 g/mol. The van der Waals surface area contributed by atoms with Crippen molar-refractivity contribution in [3.05, 3.63) is 65.2 Å². The highest BCUT2D eigenvalue weighted by atomic mass is 32.2. The molecule has 1 spiro atoms. The lowest BCUT2D eigenvalue weighted by Gasteiger charge is -2.45. The number of nitrogens with zero attached hydrogens (tertiary/aromatic N) is 2. The van der Waals surface area contributed by atoms with E-state index in [1.165, 1.54) is 0 Å². The van der Waals surface area contributed by atoms with E-state index in [0.29, 0.717) is 22.7 Å². The third kappa shape index (κ3) is 3.24. The average Bonchev–Trinajstić information content (AvgIpc) is 3.12. The quantitative estimate of drug-likeness (QED) is 0.739. The summed E-state index contributed by atoms with van der Waals surface area (Å²) in [4.78, 5) is 11.1. The Balaban J connectivity index is 1.92. The van der Waals surface area contributed by atoms with Crippen molar-refractivity contribution < 1.29 is 27.1 Å². The molecule has 2 aromatic rings. The largest absolute Gasteiger partial charge is 0.493 e. The maximum absolute atomic E-state index is 14.4. The number of benzene rings is 2. The van der Waals surface area contributed by atoms with E-state index in [1.54, 1.807) is 24.3 Å². The Morgan fingerprint density at radius 1 is 1.30 bits per heavy atom. The monoisotopic (exact) mass is 439 g/mol. The van der Waals surface area contributed by atoms with E-state index in [2.05, 4.69) is 5.10 Å². The van der Waals surface area contributed by atoms with Crippen molar-refractivity contribution in [1.29, 1.82) is 0 Å². The van der Waals surface area contributed by atoms with Crippen LogP contribution in [0.3, 0.4) is 0 Å². The number of hydrogen-bond acceptors (Lipinski definition) is 5. The Morgan fingerprint density at radius 3 is 2.80 bits per heavy atom. The fourth-order valence-corrected chi connectivity index (χ4v) is 5.30. The van der Waals surface area contributed by atoms with Crippen LogP contribution in [0.1, 0.15) is 17.5 Å². The Labute approximate surface area is 173 Å². The van der Waals surface area contributed by atoms with Crippen molar-refractivity contribution in [1.82, 2.24) is 5.01 Å². The lowest BCUT2D eigenvalue weighted by molar-refractivity contribution is -0.149. The molecule has 0 saturated heterocycles. The second-order valence-corrected chi connectivity index (χ2v) is 8.07. The van der Waals surface area contributed by atoms with E-state index in [-0.39, 0.29) is 23.8 Å². The normalized spacial score (nSPS) is 22.8. The lowest BCUT2D eigenvalue weighted by atomic mass is 9.86. The first-order valence-corrected chi connectivity index (χ1v) is 9.97. The zero-order valence-electron chi connectivity index (χ0n) is 15.5. The molecule has 2 atom stereocenters. The van der Waals surface area contributed by atoms with E-state index in [1.807, 2.05) is 0 Å². The van der Waals surface area contributed by atoms with E-state index >= 15 is 0 Å². The summed E-state index contributed by atoms with van der Waals surface area (Å²) in [6, 6.07) is 9.49. The fraction of sp³-hybridized carbons (Fsp3) is 0.300. The summed E-state index contributed by atoms with van der Waals surface area (Å²) in [5.41, 5.74) is 5.98. The van der Waals surface area contributed by atoms with Gasteiger partial charge in [-0.1, -0.05) is 30.0 Å². The highest BCUT2D eigenvalue weighted by molar-refractivity contribution is 8.15. The van der Waals surface area contributed by atoms with Gasteiger partial charge in [0.25, 0.3) is 0 Å². The van der Waals surface area contributed by atoms with Crippen LogP contribution in [0.4, 0.5) is 17.6 Å². The minimum atomic E-state index is -3.34. The topological polar surface area (TPSA) is 67.9 Å². The molecule has 30 heavy (non-hydrogen) atoms. The number of fused-ring (bicyclic) bond motifs is 2. The summed E-state index contributed by atoms with van der Waals surface area (Å²) in [5.74, 6) is -3.13. The Hall–Kier alpha value is -2.59. The Kier molecular flexibility index (Phi) is 5.46. The van der Waals surface area contributed by atoms with Gasteiger partial charge in [-0.3, -0.25) is 4.79 Å². The number of rotatable bonds is 4. The number of alkyl halides is 2. The molecule has 0 aromatic heterocycles. The molecule has 2 heterocycles. The predicted molar refractivity (Wildman–Crippen MR) is 104 cm³/mol. The minimum absolute atomic E-state index is 0.0697. The van der Waals surface area contributed by atoms with Crippen LogP contribution in [0.15, 0.2) is 47.6 Å². The second kappa shape index (κ2) is 7.92. The first kappa shape index (κ1) is 20.7. The number of hydrogen-bond donors (Lipinski definition) is 1. The van der Waals surface area contributed by atoms with Gasteiger partial charge in [0.2, 0.25) is 0 Å². The summed E-state index contributed by atoms with van der Waals surface area (Å²) in [6.07, 6.45) is -3.00. The summed E-state index contributed by atoms with van der Waals surface area (Å²) >= 11 is 0.934. The number of carbonyl (C=O) groups is 1. The van der Waals surface area contributed by atoms with Gasteiger partial charge in [-0.2, -0.15) is 13.9 Å². The van der Waals surface area contributed by atoms with Gasteiger partial charge in [0.05, 0.1) is 6.61 Å². The molecule has 0 radical (unpaired) electrons. The summed E-state index contributed by atoms with van der Waals surface area (Å²) in [6.45, 7) is 0.307. The summed E-state index contributed by atoms with van der Waals surface area (Å²) in [5, 5.41) is 4.70. The van der Waals surface area contributed by atoms with Crippen LogP contribution in [0.25, 0.3) is 0 Å². The molecule has 158 valence electrons. The molecule has 2 aliphatic rings. The molecule has 1 amide bonds. The molecule has 2 aromatic carbocycles. The van der Waals surface area contributed by atoms with Gasteiger partial charge in [0, 0.05) is 17.0 Å². The van der Waals surface area contributed by atoms with Crippen LogP contribution >= 0.6 is 11.8 Å². The van der Waals surface area contributed by atoms with Gasteiger partial charge in [0.1, 0.15) is 22.4 Å². The number of thioether (sulfide) groups is 1. The number of nitrogens with two attached hydrogens (primary N) is 1. The standard InChI is InChI=1S/C20H17F4N3O2S/c21-12-5-6-15(22)13(9-12)18-26-27(19(28)17(23)24)20(30-18)11(7-8-25)10-29-16-4-2-1-3-14(16)20/h1-6,9,11,17H,7-8,10,25H2. The Bertz CT molecular complexity index is 1020. The summed E-state index contributed by atoms with van der Waals surface area (Å²) in [7, 11) is 0. The smallest absolute Gasteiger partial charge is 0.317 e. The molecule has 4 rings (SSSR count). The fourth-order valence-electron chi connectivity index (χ4n) is 3.77. The Morgan fingerprint density at radius 2 is 2.07 bits per heavy atom. The molecule has 10 heteroatoms. The van der Waals surface area contributed by atoms with Crippen LogP contribution < -0.4 is 10.5 Å². The molecule has 2 N–H and O–H groups in total. The maximum atomic E-state index is 14.4. The molecule has 2 unspecified atom stereocenters. The van der Waals surface area contributed by atoms with Crippen molar-refractivity contribution in [3.63, 3.8) is 0 Å². The zero-order valence-corrected chi connectivity index (χ0v) is 16.3. The lowest BCUT2D eigenvalue weighted by Crippen LogP contribution is -2.52. The first-order chi connectivity index (χ1) is 14.4. The van der Waals surface area contributed by atoms with Crippen molar-refractivity contribution in [2.45, 2.75) is 17.7 Å². The van der Waals surface area contributed by atoms with Crippen LogP contribution in [-0.2, 0) is 9.67 Å². The number of amides is 1. The minimum Gasteiger partial charge on any atom is -0.493 e. The molecule has 0 fully saturated rings. The number of para-hydroxylation sites is 1. The van der Waals surface area contributed by atoms with Gasteiger partial charge in [0.15, 0.2) is 4.87 Å². The van der Waals surface area contributed by atoms with Gasteiger partial charge in [-0.25, -0.2) is 13.8 Å². The highest BCUT2D eigenvalue weighted by Gasteiger charge is 2.58. The maximum Gasteiger partial charge on any atom is 0.317 e. The van der Waals surface area contributed by atoms with E-state index < -0.39 is 34.8 Å². The molecule has 0 bridgehead atoms. The van der Waals surface area contributed by atoms with Gasteiger partial charge < -0.3 is 10.5 Å². The van der Waals surface area contributed by atoms with Crippen LogP contribution in [-0.4, -0.2) is 35.5 Å². The second-order valence-electron chi connectivity index (χ2n) is 6.86. The van der Waals surface area contributed by atoms with Crippen LogP contribution in [0.5, 0.6) is 5.75 Å². The van der Waals surface area contributed by atoms with Crippen molar-refractivity contribution in [2.24, 2.45) is 16.8 Å². The van der Waals surface area contributed by atoms with Crippen molar-refractivity contribution in [2.75, 3.05) is 13.2 Å². The molecule has 5 nitrogen and oxygen atoms in total.